The quantitative estimate of drug-likeness (QED) is 0.753. The van der Waals surface area contributed by atoms with Gasteiger partial charge in [-0.1, -0.05) is 0 Å². The zero-order valence-corrected chi connectivity index (χ0v) is 11.3. The summed E-state index contributed by atoms with van der Waals surface area (Å²) in [6, 6.07) is 3.92. The number of ether oxygens (including phenoxy) is 1. The third-order valence-corrected chi connectivity index (χ3v) is 3.35. The van der Waals surface area contributed by atoms with Crippen molar-refractivity contribution in [2.24, 2.45) is 5.73 Å². The van der Waals surface area contributed by atoms with E-state index in [0.717, 1.165) is 12.8 Å². The molecule has 4 N–H and O–H groups in total. The zero-order chi connectivity index (χ0) is 14.5. The molecule has 0 aliphatic carbocycles. The van der Waals surface area contributed by atoms with Gasteiger partial charge in [-0.3, -0.25) is 4.79 Å². The van der Waals surface area contributed by atoms with Crippen LogP contribution in [0.5, 0.6) is 11.5 Å². The first-order chi connectivity index (χ1) is 9.60. The fourth-order valence-corrected chi connectivity index (χ4v) is 2.36. The molecule has 110 valence electrons. The minimum Gasteiger partial charge on any atom is -0.508 e. The fourth-order valence-electron chi connectivity index (χ4n) is 2.36. The number of phenols is 2. The molecule has 0 radical (unpaired) electrons. The Bertz CT molecular complexity index is 450. The van der Waals surface area contributed by atoms with Crippen molar-refractivity contribution in [3.05, 3.63) is 23.8 Å². The Morgan fingerprint density at radius 2 is 1.85 bits per heavy atom. The molecule has 1 fully saturated rings. The number of carbonyl (C=O) groups is 1. The molecule has 2 rings (SSSR count). The van der Waals surface area contributed by atoms with Crippen LogP contribution in [0.2, 0.25) is 0 Å². The largest absolute Gasteiger partial charge is 0.508 e. The summed E-state index contributed by atoms with van der Waals surface area (Å²) in [6.45, 7) is 2.25. The van der Waals surface area contributed by atoms with Crippen molar-refractivity contribution in [3.63, 3.8) is 0 Å². The number of phenolic OH excluding ortho intramolecular Hbond substituents is 2. The summed E-state index contributed by atoms with van der Waals surface area (Å²) < 4.78 is 5.56. The maximum absolute atomic E-state index is 12.3. The first-order valence-corrected chi connectivity index (χ1v) is 6.74. The lowest BCUT2D eigenvalue weighted by molar-refractivity contribution is 0.0121. The van der Waals surface area contributed by atoms with Crippen LogP contribution in [-0.2, 0) is 4.74 Å². The molecule has 20 heavy (non-hydrogen) atoms. The van der Waals surface area contributed by atoms with Crippen molar-refractivity contribution < 1.29 is 19.7 Å². The second kappa shape index (κ2) is 6.58. The molecule has 1 saturated heterocycles. The number of hydrogen-bond acceptors (Lipinski definition) is 5. The van der Waals surface area contributed by atoms with E-state index in [1.807, 2.05) is 0 Å². The van der Waals surface area contributed by atoms with Crippen molar-refractivity contribution in [1.82, 2.24) is 4.90 Å². The summed E-state index contributed by atoms with van der Waals surface area (Å²) in [5.74, 6) is -0.419. The van der Waals surface area contributed by atoms with Gasteiger partial charge in [0.15, 0.2) is 0 Å². The van der Waals surface area contributed by atoms with Gasteiger partial charge in [0.2, 0.25) is 0 Å². The first kappa shape index (κ1) is 14.6. The summed E-state index contributed by atoms with van der Waals surface area (Å²) in [5, 5.41) is 18.8. The van der Waals surface area contributed by atoms with E-state index in [2.05, 4.69) is 0 Å². The average Bonchev–Trinajstić information content (AvgIpc) is 2.44. The van der Waals surface area contributed by atoms with E-state index in [-0.39, 0.29) is 23.5 Å². The van der Waals surface area contributed by atoms with E-state index in [9.17, 15) is 15.0 Å². The summed E-state index contributed by atoms with van der Waals surface area (Å²) >= 11 is 0. The predicted octanol–water partition coefficient (Wildman–Crippen LogP) is 0.678. The third kappa shape index (κ3) is 3.61. The second-order valence-corrected chi connectivity index (χ2v) is 4.89. The van der Waals surface area contributed by atoms with Crippen LogP contribution in [0.3, 0.4) is 0 Å². The van der Waals surface area contributed by atoms with Crippen molar-refractivity contribution >= 4 is 5.91 Å². The van der Waals surface area contributed by atoms with Crippen molar-refractivity contribution in [3.8, 4) is 11.5 Å². The van der Waals surface area contributed by atoms with Gasteiger partial charge in [-0.2, -0.15) is 0 Å². The number of benzene rings is 1. The first-order valence-electron chi connectivity index (χ1n) is 6.74. The van der Waals surface area contributed by atoms with Crippen LogP contribution in [0, 0.1) is 0 Å². The lowest BCUT2D eigenvalue weighted by Crippen LogP contribution is -2.41. The summed E-state index contributed by atoms with van der Waals surface area (Å²) in [6.07, 6.45) is 1.70. The monoisotopic (exact) mass is 280 g/mol. The smallest absolute Gasteiger partial charge is 0.254 e. The van der Waals surface area contributed by atoms with Gasteiger partial charge < -0.3 is 25.6 Å². The highest BCUT2D eigenvalue weighted by Gasteiger charge is 2.24. The minimum absolute atomic E-state index is 0.116. The second-order valence-electron chi connectivity index (χ2n) is 4.89. The van der Waals surface area contributed by atoms with Crippen LogP contribution in [0.15, 0.2) is 18.2 Å². The highest BCUT2D eigenvalue weighted by atomic mass is 16.5. The van der Waals surface area contributed by atoms with Crippen LogP contribution in [0.1, 0.15) is 23.2 Å². The van der Waals surface area contributed by atoms with Crippen molar-refractivity contribution in [1.29, 1.82) is 0 Å². The Kier molecular flexibility index (Phi) is 4.81. The molecular weight excluding hydrogens is 260 g/mol. The van der Waals surface area contributed by atoms with Crippen LogP contribution in [0.4, 0.5) is 0 Å². The van der Waals surface area contributed by atoms with Crippen LogP contribution in [0.25, 0.3) is 0 Å². The van der Waals surface area contributed by atoms with Crippen LogP contribution in [-0.4, -0.2) is 53.4 Å². The van der Waals surface area contributed by atoms with Crippen LogP contribution >= 0.6 is 0 Å². The van der Waals surface area contributed by atoms with Gasteiger partial charge >= 0.3 is 0 Å². The molecule has 0 bridgehead atoms. The summed E-state index contributed by atoms with van der Waals surface area (Å²) in [4.78, 5) is 14.0. The predicted molar refractivity (Wildman–Crippen MR) is 73.7 cm³/mol. The number of nitrogens with zero attached hydrogens (tertiary/aromatic N) is 1. The normalized spacial score (nSPS) is 16.4. The molecular formula is C14H20N2O4. The molecule has 0 atom stereocenters. The topological polar surface area (TPSA) is 96.0 Å². The minimum atomic E-state index is -0.187. The molecule has 1 aliphatic heterocycles. The molecule has 1 heterocycles. The Labute approximate surface area is 117 Å². The van der Waals surface area contributed by atoms with Gasteiger partial charge in [0.25, 0.3) is 5.91 Å². The molecule has 0 unspecified atom stereocenters. The Morgan fingerprint density at radius 3 is 2.40 bits per heavy atom. The van der Waals surface area contributed by atoms with E-state index < -0.39 is 0 Å². The average molecular weight is 280 g/mol. The highest BCUT2D eigenvalue weighted by Crippen LogP contribution is 2.23. The van der Waals surface area contributed by atoms with Crippen molar-refractivity contribution in [2.75, 3.05) is 26.2 Å². The van der Waals surface area contributed by atoms with E-state index >= 15 is 0 Å². The maximum Gasteiger partial charge on any atom is 0.254 e. The van der Waals surface area contributed by atoms with Crippen LogP contribution < -0.4 is 5.73 Å². The number of amides is 1. The molecule has 6 heteroatoms. The Morgan fingerprint density at radius 1 is 1.25 bits per heavy atom. The molecule has 1 amide bonds. The number of hydrogen-bond donors (Lipinski definition) is 3. The zero-order valence-electron chi connectivity index (χ0n) is 11.3. The van der Waals surface area contributed by atoms with E-state index in [1.165, 1.54) is 18.2 Å². The number of rotatable bonds is 4. The van der Waals surface area contributed by atoms with E-state index in [1.54, 1.807) is 4.90 Å². The molecule has 0 aromatic heterocycles. The highest BCUT2D eigenvalue weighted by molar-refractivity contribution is 5.95. The molecule has 1 aromatic rings. The lowest BCUT2D eigenvalue weighted by atomic mass is 10.1. The standard InChI is InChI=1S/C14H20N2O4/c15-3-6-20-13-1-4-16(5-2-13)14(19)10-7-11(17)9-12(18)8-10/h7-9,13,17-18H,1-6,15H2. The third-order valence-electron chi connectivity index (χ3n) is 3.35. The maximum atomic E-state index is 12.3. The summed E-state index contributed by atoms with van der Waals surface area (Å²) in [5.41, 5.74) is 5.68. The Hall–Kier alpha value is -1.79. The SMILES string of the molecule is NCCOC1CCN(C(=O)c2cc(O)cc(O)c2)CC1. The number of piperidine rings is 1. The van der Waals surface area contributed by atoms with Gasteiger partial charge in [0.05, 0.1) is 12.7 Å². The summed E-state index contributed by atoms with van der Waals surface area (Å²) in [7, 11) is 0. The molecule has 6 nitrogen and oxygen atoms in total. The molecule has 0 saturated carbocycles. The lowest BCUT2D eigenvalue weighted by Gasteiger charge is -2.32. The van der Waals surface area contributed by atoms with E-state index in [0.29, 0.717) is 31.8 Å². The number of aromatic hydroxyl groups is 2. The number of nitrogens with two attached hydrogens (primary N) is 1. The fraction of sp³-hybridized carbons (Fsp3) is 0.500. The van der Waals surface area contributed by atoms with Gasteiger partial charge in [-0.25, -0.2) is 0 Å². The molecule has 1 aliphatic rings. The van der Waals surface area contributed by atoms with E-state index in [4.69, 9.17) is 10.5 Å². The number of likely N-dealkylation sites (tertiary alicyclic amines) is 1. The van der Waals surface area contributed by atoms with Gasteiger partial charge in [-0.15, -0.1) is 0 Å². The van der Waals surface area contributed by atoms with Gasteiger partial charge in [0, 0.05) is 31.3 Å². The van der Waals surface area contributed by atoms with Gasteiger partial charge in [-0.05, 0) is 25.0 Å². The van der Waals surface area contributed by atoms with Gasteiger partial charge in [0.1, 0.15) is 11.5 Å². The Balaban J connectivity index is 1.94. The number of carbonyl (C=O) groups excluding carboxylic acids is 1. The molecule has 1 aromatic carbocycles. The molecule has 0 spiro atoms. The van der Waals surface area contributed by atoms with Crippen molar-refractivity contribution in [2.45, 2.75) is 18.9 Å².